The lowest BCUT2D eigenvalue weighted by Gasteiger charge is -2.36. The number of fused-ring (bicyclic) bond motifs is 3. The molecule has 2 saturated heterocycles. The molecule has 7 heteroatoms. The first-order chi connectivity index (χ1) is 12.7. The van der Waals surface area contributed by atoms with Crippen molar-refractivity contribution < 1.29 is 4.79 Å². The molecule has 1 amide bonds. The molecule has 3 aromatic rings. The Morgan fingerprint density at radius 1 is 1.31 bits per heavy atom. The number of aromatic nitrogens is 3. The second kappa shape index (κ2) is 6.17. The number of rotatable bonds is 3. The molecular formula is C19H21N5OS. The summed E-state index contributed by atoms with van der Waals surface area (Å²) in [5, 5.41) is 14.3. The third-order valence-electron chi connectivity index (χ3n) is 5.89. The highest BCUT2D eigenvalue weighted by molar-refractivity contribution is 7.13. The van der Waals surface area contributed by atoms with Gasteiger partial charge in [0.05, 0.1) is 5.52 Å². The lowest BCUT2D eigenvalue weighted by molar-refractivity contribution is 0.0879. The van der Waals surface area contributed by atoms with Crippen LogP contribution in [0.3, 0.4) is 0 Å². The van der Waals surface area contributed by atoms with Crippen molar-refractivity contribution in [2.24, 2.45) is 0 Å². The van der Waals surface area contributed by atoms with E-state index in [2.05, 4.69) is 32.4 Å². The van der Waals surface area contributed by atoms with Crippen molar-refractivity contribution in [3.8, 4) is 10.6 Å². The molecule has 2 N–H and O–H groups in total. The van der Waals surface area contributed by atoms with Crippen LogP contribution in [-0.2, 0) is 0 Å². The number of nitrogens with zero attached hydrogens (tertiary/aromatic N) is 3. The second-order valence-electron chi connectivity index (χ2n) is 7.36. The number of amides is 1. The van der Waals surface area contributed by atoms with E-state index >= 15 is 0 Å². The molecule has 5 rings (SSSR count). The Bertz CT molecular complexity index is 936. The summed E-state index contributed by atoms with van der Waals surface area (Å²) in [5.74, 6) is -0.0820. The monoisotopic (exact) mass is 367 g/mol. The van der Waals surface area contributed by atoms with Crippen LogP contribution in [0, 0.1) is 0 Å². The van der Waals surface area contributed by atoms with Crippen molar-refractivity contribution in [1.82, 2.24) is 25.4 Å². The van der Waals surface area contributed by atoms with Crippen LogP contribution in [-0.4, -0.2) is 51.2 Å². The highest BCUT2D eigenvalue weighted by Gasteiger charge is 2.39. The van der Waals surface area contributed by atoms with Crippen LogP contribution in [0.4, 0.5) is 0 Å². The van der Waals surface area contributed by atoms with E-state index in [1.165, 1.54) is 12.8 Å². The maximum Gasteiger partial charge on any atom is 0.272 e. The fourth-order valence-corrected chi connectivity index (χ4v) is 5.10. The van der Waals surface area contributed by atoms with Crippen molar-refractivity contribution in [3.63, 3.8) is 0 Å². The average molecular weight is 367 g/mol. The van der Waals surface area contributed by atoms with E-state index in [1.807, 2.05) is 23.6 Å². The van der Waals surface area contributed by atoms with Crippen molar-refractivity contribution in [2.45, 2.75) is 43.8 Å². The number of hydrogen-bond donors (Lipinski definition) is 2. The molecule has 2 aliphatic heterocycles. The average Bonchev–Trinajstić information content (AvgIpc) is 3.34. The molecule has 0 radical (unpaired) electrons. The number of benzene rings is 1. The number of carbonyl (C=O) groups excluding carboxylic acids is 1. The molecule has 2 aliphatic rings. The zero-order chi connectivity index (χ0) is 17.7. The highest BCUT2D eigenvalue weighted by atomic mass is 32.1. The molecular weight excluding hydrogens is 346 g/mol. The van der Waals surface area contributed by atoms with Crippen LogP contribution in [0.5, 0.6) is 0 Å². The zero-order valence-corrected chi connectivity index (χ0v) is 15.4. The van der Waals surface area contributed by atoms with E-state index in [9.17, 15) is 4.79 Å². The van der Waals surface area contributed by atoms with Crippen molar-refractivity contribution in [3.05, 3.63) is 35.5 Å². The maximum absolute atomic E-state index is 12.9. The summed E-state index contributed by atoms with van der Waals surface area (Å²) in [7, 11) is 2.21. The molecule has 2 aromatic heterocycles. The normalized spacial score (nSPS) is 25.7. The van der Waals surface area contributed by atoms with Gasteiger partial charge in [0, 0.05) is 40.7 Å². The van der Waals surface area contributed by atoms with Gasteiger partial charge in [0.2, 0.25) is 0 Å². The fourth-order valence-electron chi connectivity index (χ4n) is 4.47. The van der Waals surface area contributed by atoms with Gasteiger partial charge in [0.15, 0.2) is 5.69 Å². The first-order valence-electron chi connectivity index (χ1n) is 9.10. The highest BCUT2D eigenvalue weighted by Crippen LogP contribution is 2.34. The first kappa shape index (κ1) is 16.0. The zero-order valence-electron chi connectivity index (χ0n) is 14.6. The lowest BCUT2D eigenvalue weighted by atomic mass is 9.98. The van der Waals surface area contributed by atoms with E-state index in [0.717, 1.165) is 34.3 Å². The minimum Gasteiger partial charge on any atom is -0.348 e. The summed E-state index contributed by atoms with van der Waals surface area (Å²) in [4.78, 5) is 19.7. The number of H-pyrrole nitrogens is 1. The molecule has 0 aliphatic carbocycles. The van der Waals surface area contributed by atoms with Gasteiger partial charge < -0.3 is 10.2 Å². The molecule has 2 bridgehead atoms. The van der Waals surface area contributed by atoms with Gasteiger partial charge in [0.1, 0.15) is 5.01 Å². The van der Waals surface area contributed by atoms with Gasteiger partial charge in [-0.15, -0.1) is 11.3 Å². The standard InChI is InChI=1S/C19H21N5OS/c1-24-13-3-4-14(24)10-12(9-13)21-18(25)17-15-8-11(19-20-6-7-26-19)2-5-16(15)22-23-17/h2,5-8,12-14H,3-4,9-10H2,1H3,(H,21,25)(H,22,23)/t12?,13-,14+. The Hall–Kier alpha value is -2.25. The van der Waals surface area contributed by atoms with E-state index < -0.39 is 0 Å². The van der Waals surface area contributed by atoms with Gasteiger partial charge in [-0.1, -0.05) is 0 Å². The van der Waals surface area contributed by atoms with Crippen LogP contribution in [0.15, 0.2) is 29.8 Å². The van der Waals surface area contributed by atoms with Gasteiger partial charge in [-0.25, -0.2) is 4.98 Å². The Labute approximate surface area is 155 Å². The van der Waals surface area contributed by atoms with Gasteiger partial charge >= 0.3 is 0 Å². The summed E-state index contributed by atoms with van der Waals surface area (Å²) in [6.07, 6.45) is 6.35. The van der Waals surface area contributed by atoms with Crippen LogP contribution in [0.1, 0.15) is 36.2 Å². The Kier molecular flexibility index (Phi) is 3.79. The molecule has 2 fully saturated rings. The van der Waals surface area contributed by atoms with Gasteiger partial charge in [-0.3, -0.25) is 9.89 Å². The number of aromatic amines is 1. The molecule has 0 spiro atoms. The number of piperidine rings is 1. The smallest absolute Gasteiger partial charge is 0.272 e. The van der Waals surface area contributed by atoms with Crippen molar-refractivity contribution >= 4 is 28.1 Å². The molecule has 3 atom stereocenters. The van der Waals surface area contributed by atoms with Crippen molar-refractivity contribution in [1.29, 1.82) is 0 Å². The Balaban J connectivity index is 1.40. The predicted molar refractivity (Wildman–Crippen MR) is 102 cm³/mol. The molecule has 1 aromatic carbocycles. The Morgan fingerprint density at radius 3 is 2.85 bits per heavy atom. The summed E-state index contributed by atoms with van der Waals surface area (Å²) in [6.45, 7) is 0. The van der Waals surface area contributed by atoms with Crippen LogP contribution in [0.25, 0.3) is 21.5 Å². The Morgan fingerprint density at radius 2 is 2.12 bits per heavy atom. The van der Waals surface area contributed by atoms with E-state index in [1.54, 1.807) is 17.5 Å². The summed E-state index contributed by atoms with van der Waals surface area (Å²) >= 11 is 1.59. The lowest BCUT2D eigenvalue weighted by Crippen LogP contribution is -2.48. The molecule has 26 heavy (non-hydrogen) atoms. The van der Waals surface area contributed by atoms with E-state index in [4.69, 9.17) is 0 Å². The number of carbonyl (C=O) groups is 1. The summed E-state index contributed by atoms with van der Waals surface area (Å²) in [5.41, 5.74) is 2.36. The minimum atomic E-state index is -0.0820. The molecule has 134 valence electrons. The molecule has 6 nitrogen and oxygen atoms in total. The number of hydrogen-bond acceptors (Lipinski definition) is 5. The number of nitrogens with one attached hydrogen (secondary N) is 2. The topological polar surface area (TPSA) is 73.9 Å². The quantitative estimate of drug-likeness (QED) is 0.746. The third-order valence-corrected chi connectivity index (χ3v) is 6.71. The summed E-state index contributed by atoms with van der Waals surface area (Å²) in [6, 6.07) is 7.43. The number of thiazole rings is 1. The van der Waals surface area contributed by atoms with E-state index in [0.29, 0.717) is 17.8 Å². The second-order valence-corrected chi connectivity index (χ2v) is 8.26. The molecule has 1 unspecified atom stereocenters. The SMILES string of the molecule is CN1[C@@H]2CC[C@H]1CC(NC(=O)c1n[nH]c3ccc(-c4nccs4)cc13)C2. The largest absolute Gasteiger partial charge is 0.348 e. The maximum atomic E-state index is 12.9. The van der Waals surface area contributed by atoms with Gasteiger partial charge in [0.25, 0.3) is 5.91 Å². The molecule has 4 heterocycles. The van der Waals surface area contributed by atoms with E-state index in [-0.39, 0.29) is 11.9 Å². The minimum absolute atomic E-state index is 0.0820. The van der Waals surface area contributed by atoms with Crippen LogP contribution < -0.4 is 5.32 Å². The van der Waals surface area contributed by atoms with Crippen LogP contribution in [0.2, 0.25) is 0 Å². The third kappa shape index (κ3) is 2.62. The van der Waals surface area contributed by atoms with Crippen LogP contribution >= 0.6 is 11.3 Å². The van der Waals surface area contributed by atoms with Gasteiger partial charge in [-0.05, 0) is 50.9 Å². The van der Waals surface area contributed by atoms with Crippen molar-refractivity contribution in [2.75, 3.05) is 7.05 Å². The molecule has 0 saturated carbocycles. The van der Waals surface area contributed by atoms with Gasteiger partial charge in [-0.2, -0.15) is 5.10 Å². The first-order valence-corrected chi connectivity index (χ1v) is 9.98. The fraction of sp³-hybridized carbons (Fsp3) is 0.421. The predicted octanol–water partition coefficient (Wildman–Crippen LogP) is 3.04. The summed E-state index contributed by atoms with van der Waals surface area (Å²) < 4.78 is 0.